The van der Waals surface area contributed by atoms with E-state index in [0.29, 0.717) is 22.5 Å². The highest BCUT2D eigenvalue weighted by atomic mass is 16.6. The molecule has 0 unspecified atom stereocenters. The van der Waals surface area contributed by atoms with E-state index in [2.05, 4.69) is 15.6 Å². The van der Waals surface area contributed by atoms with Crippen LogP contribution in [0.2, 0.25) is 0 Å². The van der Waals surface area contributed by atoms with E-state index in [4.69, 9.17) is 0 Å². The highest BCUT2D eigenvalue weighted by molar-refractivity contribution is 6.03. The molecule has 1 amide bonds. The van der Waals surface area contributed by atoms with Crippen LogP contribution in [0.4, 0.5) is 5.69 Å². The fourth-order valence-corrected chi connectivity index (χ4v) is 3.20. The van der Waals surface area contributed by atoms with Crippen molar-refractivity contribution in [3.63, 3.8) is 0 Å². The average molecular weight is 376 g/mol. The third kappa shape index (κ3) is 2.78. The van der Waals surface area contributed by atoms with Gasteiger partial charge in [0.25, 0.3) is 11.6 Å². The van der Waals surface area contributed by atoms with Gasteiger partial charge >= 0.3 is 0 Å². The van der Waals surface area contributed by atoms with Crippen LogP contribution in [0.5, 0.6) is 0 Å². The summed E-state index contributed by atoms with van der Waals surface area (Å²) in [6.07, 6.45) is 1.43. The number of amides is 1. The molecule has 28 heavy (non-hydrogen) atoms. The third-order valence-electron chi connectivity index (χ3n) is 4.54. The Hall–Kier alpha value is -4.01. The van der Waals surface area contributed by atoms with Gasteiger partial charge in [0.15, 0.2) is 0 Å². The maximum Gasteiger partial charge on any atom is 0.277 e. The molecular weight excluding hydrogens is 360 g/mol. The number of carbonyl (C=O) groups is 1. The van der Waals surface area contributed by atoms with E-state index < -0.39 is 4.92 Å². The molecule has 2 aromatic carbocycles. The first kappa shape index (κ1) is 17.4. The van der Waals surface area contributed by atoms with Gasteiger partial charge in [-0.3, -0.25) is 14.9 Å². The van der Waals surface area contributed by atoms with E-state index in [0.717, 1.165) is 11.0 Å². The minimum Gasteiger partial charge on any atom is -0.327 e. The van der Waals surface area contributed by atoms with E-state index in [1.54, 1.807) is 23.6 Å². The third-order valence-corrected chi connectivity index (χ3v) is 4.54. The van der Waals surface area contributed by atoms with Crippen molar-refractivity contribution in [2.75, 3.05) is 0 Å². The molecule has 0 aliphatic rings. The molecule has 9 nitrogen and oxygen atoms in total. The van der Waals surface area contributed by atoms with Crippen LogP contribution in [0.1, 0.15) is 21.6 Å². The van der Waals surface area contributed by atoms with Gasteiger partial charge in [0, 0.05) is 19.2 Å². The van der Waals surface area contributed by atoms with Crippen LogP contribution in [0.25, 0.3) is 16.7 Å². The maximum absolute atomic E-state index is 12.7. The van der Waals surface area contributed by atoms with Gasteiger partial charge in [0.1, 0.15) is 11.2 Å². The fraction of sp³-hybridized carbons (Fsp3) is 0.105. The highest BCUT2D eigenvalue weighted by Crippen LogP contribution is 2.24. The van der Waals surface area contributed by atoms with E-state index in [-0.39, 0.29) is 11.6 Å². The summed E-state index contributed by atoms with van der Waals surface area (Å²) in [5.74, 6) is -0.378. The first-order valence-electron chi connectivity index (χ1n) is 8.48. The maximum atomic E-state index is 12.7. The Morgan fingerprint density at radius 1 is 1.18 bits per heavy atom. The molecule has 1 N–H and O–H groups in total. The lowest BCUT2D eigenvalue weighted by Crippen LogP contribution is -2.19. The Balaban J connectivity index is 1.62. The smallest absolute Gasteiger partial charge is 0.277 e. The number of benzene rings is 2. The van der Waals surface area contributed by atoms with Gasteiger partial charge in [-0.25, -0.2) is 9.94 Å². The molecule has 0 bridgehead atoms. The fourth-order valence-electron chi connectivity index (χ4n) is 3.20. The molecule has 2 aromatic heterocycles. The first-order valence-corrected chi connectivity index (χ1v) is 8.48. The lowest BCUT2D eigenvalue weighted by atomic mass is 10.2. The van der Waals surface area contributed by atoms with Gasteiger partial charge in [-0.15, -0.1) is 0 Å². The summed E-state index contributed by atoms with van der Waals surface area (Å²) >= 11 is 0. The van der Waals surface area contributed by atoms with Gasteiger partial charge in [-0.1, -0.05) is 12.1 Å². The number of carbonyl (C=O) groups excluding carboxylic acids is 1. The minimum absolute atomic E-state index is 0.00476. The van der Waals surface area contributed by atoms with Crippen molar-refractivity contribution < 1.29 is 9.72 Å². The molecule has 0 aliphatic heterocycles. The summed E-state index contributed by atoms with van der Waals surface area (Å²) in [7, 11) is 1.88. The van der Waals surface area contributed by atoms with Gasteiger partial charge in [0.05, 0.1) is 27.9 Å². The summed E-state index contributed by atoms with van der Waals surface area (Å²) in [6.45, 7) is 1.77. The Bertz CT molecular complexity index is 1250. The molecule has 0 aliphatic carbocycles. The van der Waals surface area contributed by atoms with E-state index in [9.17, 15) is 14.9 Å². The lowest BCUT2D eigenvalue weighted by Gasteiger charge is -2.01. The SMILES string of the molecule is Cc1nn2c3ccccc3n(C)c2c1C(=O)NN=Cc1ccc([N+](=O)[O-])cc1. The zero-order valence-corrected chi connectivity index (χ0v) is 15.2. The predicted molar refractivity (Wildman–Crippen MR) is 105 cm³/mol. The van der Waals surface area contributed by atoms with Crippen LogP contribution < -0.4 is 5.43 Å². The van der Waals surface area contributed by atoms with Crippen molar-refractivity contribution in [2.45, 2.75) is 6.92 Å². The zero-order chi connectivity index (χ0) is 19.8. The number of non-ortho nitro benzene ring substituents is 1. The van der Waals surface area contributed by atoms with Gasteiger partial charge in [-0.2, -0.15) is 10.2 Å². The van der Waals surface area contributed by atoms with Crippen molar-refractivity contribution in [1.82, 2.24) is 19.6 Å². The normalized spacial score (nSPS) is 11.5. The van der Waals surface area contributed by atoms with Crippen LogP contribution in [-0.4, -0.2) is 31.2 Å². The highest BCUT2D eigenvalue weighted by Gasteiger charge is 2.22. The zero-order valence-electron chi connectivity index (χ0n) is 15.2. The van der Waals surface area contributed by atoms with Crippen LogP contribution in [0.15, 0.2) is 53.6 Å². The number of nitro benzene ring substituents is 1. The topological polar surface area (TPSA) is 107 Å². The number of rotatable bonds is 4. The second-order valence-electron chi connectivity index (χ2n) is 6.29. The first-order chi connectivity index (χ1) is 13.5. The Morgan fingerprint density at radius 2 is 1.86 bits per heavy atom. The van der Waals surface area contributed by atoms with Crippen LogP contribution in [0.3, 0.4) is 0 Å². The minimum atomic E-state index is -0.472. The number of aromatic nitrogens is 3. The lowest BCUT2D eigenvalue weighted by molar-refractivity contribution is -0.384. The molecule has 140 valence electrons. The molecule has 0 fully saturated rings. The van der Waals surface area contributed by atoms with Crippen molar-refractivity contribution in [1.29, 1.82) is 0 Å². The predicted octanol–water partition coefficient (Wildman–Crippen LogP) is 2.81. The standard InChI is InChI=1S/C19H16N6O3/c1-12-17(19-23(2)15-5-3-4-6-16(15)24(19)22-12)18(26)21-20-11-13-7-9-14(10-8-13)25(27)28/h3-11H,1-2H3,(H,21,26). The molecule has 4 rings (SSSR count). The average Bonchev–Trinajstić information content (AvgIpc) is 3.16. The number of hydrogen-bond donors (Lipinski definition) is 1. The number of hydrazone groups is 1. The van der Waals surface area contributed by atoms with Gasteiger partial charge in [-0.05, 0) is 36.8 Å². The molecule has 2 heterocycles. The monoisotopic (exact) mass is 376 g/mol. The van der Waals surface area contributed by atoms with Gasteiger partial charge in [0.2, 0.25) is 0 Å². The quantitative estimate of drug-likeness (QED) is 0.336. The number of nitrogens with zero attached hydrogens (tertiary/aromatic N) is 5. The van der Waals surface area contributed by atoms with Crippen molar-refractivity contribution in [2.24, 2.45) is 12.1 Å². The Morgan fingerprint density at radius 3 is 2.54 bits per heavy atom. The number of aryl methyl sites for hydroxylation is 2. The van der Waals surface area contributed by atoms with Gasteiger partial charge < -0.3 is 4.57 Å². The molecule has 9 heteroatoms. The second kappa shape index (κ2) is 6.62. The Labute approximate surface area is 159 Å². The van der Waals surface area contributed by atoms with E-state index in [1.807, 2.05) is 35.9 Å². The van der Waals surface area contributed by atoms with Crippen LogP contribution >= 0.6 is 0 Å². The number of nitro groups is 1. The van der Waals surface area contributed by atoms with Crippen LogP contribution in [-0.2, 0) is 7.05 Å². The van der Waals surface area contributed by atoms with E-state index >= 15 is 0 Å². The van der Waals surface area contributed by atoms with Crippen molar-refractivity contribution >= 4 is 34.5 Å². The number of fused-ring (bicyclic) bond motifs is 3. The van der Waals surface area contributed by atoms with Crippen molar-refractivity contribution in [3.8, 4) is 0 Å². The summed E-state index contributed by atoms with van der Waals surface area (Å²) in [5.41, 5.74) is 6.73. The number of nitrogens with one attached hydrogen (secondary N) is 1. The molecule has 0 atom stereocenters. The molecule has 0 radical (unpaired) electrons. The molecule has 0 saturated heterocycles. The Kier molecular flexibility index (Phi) is 4.11. The summed E-state index contributed by atoms with van der Waals surface area (Å²) in [6, 6.07) is 13.6. The second-order valence-corrected chi connectivity index (χ2v) is 6.29. The van der Waals surface area contributed by atoms with Crippen LogP contribution in [0, 0.1) is 17.0 Å². The summed E-state index contributed by atoms with van der Waals surface area (Å²) < 4.78 is 3.67. The number of para-hydroxylation sites is 2. The van der Waals surface area contributed by atoms with E-state index in [1.165, 1.54) is 18.3 Å². The number of imidazole rings is 1. The summed E-state index contributed by atoms with van der Waals surface area (Å²) in [5, 5.41) is 19.1. The molecule has 0 spiro atoms. The largest absolute Gasteiger partial charge is 0.327 e. The van der Waals surface area contributed by atoms with Crippen molar-refractivity contribution in [3.05, 3.63) is 75.5 Å². The molecule has 0 saturated carbocycles. The number of hydrogen-bond acceptors (Lipinski definition) is 5. The molecule has 4 aromatic rings. The molecular formula is C19H16N6O3. The summed E-state index contributed by atoms with van der Waals surface area (Å²) in [4.78, 5) is 22.9.